The Balaban J connectivity index is 0.000000596. The van der Waals surface area contributed by atoms with Crippen molar-refractivity contribution in [2.75, 3.05) is 6.61 Å². The molecule has 1 heterocycles. The number of hydrogen-bond donors (Lipinski definition) is 0. The van der Waals surface area contributed by atoms with Crippen molar-refractivity contribution in [3.8, 4) is 11.1 Å². The summed E-state index contributed by atoms with van der Waals surface area (Å²) in [5.74, 6) is -0.575. The number of thiophene rings is 1. The molecule has 0 bridgehead atoms. The number of carbonyl (C=O) groups excluding carboxylic acids is 1. The van der Waals surface area contributed by atoms with Crippen molar-refractivity contribution in [2.24, 2.45) is 0 Å². The summed E-state index contributed by atoms with van der Waals surface area (Å²) in [6, 6.07) is 12.3. The summed E-state index contributed by atoms with van der Waals surface area (Å²) in [7, 11) is 0. The Bertz CT molecular complexity index is 930. The van der Waals surface area contributed by atoms with Gasteiger partial charge in [-0.05, 0) is 88.8 Å². The maximum atomic E-state index is 14.1. The van der Waals surface area contributed by atoms with Crippen molar-refractivity contribution < 1.29 is 13.9 Å². The molecule has 0 saturated heterocycles. The largest absolute Gasteiger partial charge is 0.462 e. The molecule has 0 N–H and O–H groups in total. The Hall–Kier alpha value is 0.150. The van der Waals surface area contributed by atoms with E-state index in [9.17, 15) is 9.18 Å². The van der Waals surface area contributed by atoms with E-state index in [4.69, 9.17) is 4.74 Å². The predicted octanol–water partition coefficient (Wildman–Crippen LogP) is 9.18. The van der Waals surface area contributed by atoms with Crippen LogP contribution in [0.3, 0.4) is 0 Å². The molecule has 27 heavy (non-hydrogen) atoms. The average molecular weight is 664 g/mol. The van der Waals surface area contributed by atoms with Crippen LogP contribution < -0.4 is 0 Å². The molecule has 0 unspecified atom stereocenters. The quantitative estimate of drug-likeness (QED) is 0.158. The molecule has 2 nitrogen and oxygen atoms in total. The highest BCUT2D eigenvalue weighted by atomic mass is 80.0. The molecule has 144 valence electrons. The second kappa shape index (κ2) is 11.4. The molecular weight excluding hydrogens is 650 g/mol. The van der Waals surface area contributed by atoms with E-state index >= 15 is 0 Å². The highest BCUT2D eigenvalue weighted by molar-refractivity contribution is 9.93. The van der Waals surface area contributed by atoms with Crippen molar-refractivity contribution in [3.05, 3.63) is 58.7 Å². The molecule has 3 aromatic rings. The van der Waals surface area contributed by atoms with E-state index in [1.54, 1.807) is 36.5 Å². The van der Waals surface area contributed by atoms with Gasteiger partial charge in [0, 0.05) is 20.3 Å². The zero-order valence-corrected chi connectivity index (χ0v) is 22.1. The minimum absolute atomic E-state index is 0.183. The number of hydrogen-bond acceptors (Lipinski definition) is 3. The van der Waals surface area contributed by atoms with Gasteiger partial charge in [0.05, 0.1) is 12.2 Å². The first-order valence-corrected chi connectivity index (χ1v) is 17.0. The molecule has 0 saturated carbocycles. The SMILES string of the molecule is BrP(Br)Br.CCOC(=O)c1cccc(-c2ccc(F)c3cc(CBr)sc23)c1. The lowest BCUT2D eigenvalue weighted by molar-refractivity contribution is 0.0526. The number of halogens is 5. The van der Waals surface area contributed by atoms with Crippen LogP contribution in [0.15, 0.2) is 42.5 Å². The van der Waals surface area contributed by atoms with Gasteiger partial charge in [0.1, 0.15) is 9.85 Å². The van der Waals surface area contributed by atoms with E-state index in [0.717, 1.165) is 20.7 Å². The van der Waals surface area contributed by atoms with Crippen molar-refractivity contribution in [2.45, 2.75) is 12.3 Å². The van der Waals surface area contributed by atoms with E-state index in [1.165, 1.54) is 6.07 Å². The van der Waals surface area contributed by atoms with E-state index in [1.807, 2.05) is 18.2 Å². The van der Waals surface area contributed by atoms with Crippen molar-refractivity contribution in [3.63, 3.8) is 0 Å². The van der Waals surface area contributed by atoms with Gasteiger partial charge in [-0.1, -0.05) is 34.1 Å². The lowest BCUT2D eigenvalue weighted by Gasteiger charge is -2.07. The van der Waals surface area contributed by atoms with E-state index in [0.29, 0.717) is 22.9 Å². The van der Waals surface area contributed by atoms with Gasteiger partial charge in [0.15, 0.2) is 0 Å². The van der Waals surface area contributed by atoms with Gasteiger partial charge in [-0.3, -0.25) is 0 Å². The zero-order valence-electron chi connectivity index (χ0n) is 14.0. The van der Waals surface area contributed by atoms with Crippen LogP contribution in [0.4, 0.5) is 4.39 Å². The van der Waals surface area contributed by atoms with Gasteiger partial charge < -0.3 is 4.74 Å². The Morgan fingerprint density at radius 1 is 1.19 bits per heavy atom. The molecule has 3 rings (SSSR count). The molecule has 0 aliphatic rings. The van der Waals surface area contributed by atoms with Gasteiger partial charge in [-0.2, -0.15) is 0 Å². The van der Waals surface area contributed by atoms with Crippen LogP contribution >= 0.6 is 77.8 Å². The molecule has 1 aromatic heterocycles. The van der Waals surface area contributed by atoms with Crippen molar-refractivity contribution in [1.82, 2.24) is 0 Å². The van der Waals surface area contributed by atoms with Crippen LogP contribution in [0.1, 0.15) is 22.2 Å². The summed E-state index contributed by atoms with van der Waals surface area (Å²) < 4.78 is 19.8. The highest BCUT2D eigenvalue weighted by Crippen LogP contribution is 2.59. The number of benzene rings is 2. The monoisotopic (exact) mass is 660 g/mol. The molecule has 0 aliphatic carbocycles. The van der Waals surface area contributed by atoms with Crippen LogP contribution in [0.25, 0.3) is 21.2 Å². The van der Waals surface area contributed by atoms with Crippen LogP contribution in [0.2, 0.25) is 0 Å². The van der Waals surface area contributed by atoms with Crippen LogP contribution in [-0.4, -0.2) is 12.6 Å². The number of alkyl halides is 1. The standard InChI is InChI=1S/C18H14BrFO2S.Br3P/c1-2-22-18(21)12-5-3-4-11(8-12)14-6-7-16(20)15-9-13(10-19)23-17(14)15;1-4(2)3/h3-9H,2,10H2,1H3;. The number of fused-ring (bicyclic) bond motifs is 1. The highest BCUT2D eigenvalue weighted by Gasteiger charge is 2.14. The molecule has 0 atom stereocenters. The summed E-state index contributed by atoms with van der Waals surface area (Å²) in [6.07, 6.45) is 0. The third kappa shape index (κ3) is 6.58. The summed E-state index contributed by atoms with van der Waals surface area (Å²) >= 11 is 14.5. The summed E-state index contributed by atoms with van der Waals surface area (Å²) in [6.45, 7) is 2.11. The normalized spacial score (nSPS) is 10.6. The van der Waals surface area contributed by atoms with E-state index < -0.39 is 0 Å². The first-order chi connectivity index (χ1) is 12.9. The van der Waals surface area contributed by atoms with Gasteiger partial charge in [-0.15, -0.1) is 11.3 Å². The molecule has 0 aliphatic heterocycles. The molecule has 0 amide bonds. The van der Waals surface area contributed by atoms with Crippen LogP contribution in [-0.2, 0) is 10.1 Å². The summed E-state index contributed by atoms with van der Waals surface area (Å²) in [4.78, 5) is 13.0. The maximum absolute atomic E-state index is 14.1. The minimum Gasteiger partial charge on any atom is -0.462 e. The van der Waals surface area contributed by atoms with Crippen LogP contribution in [0, 0.1) is 5.82 Å². The Morgan fingerprint density at radius 3 is 2.52 bits per heavy atom. The molecule has 0 spiro atoms. The fraction of sp³-hybridized carbons (Fsp3) is 0.167. The van der Waals surface area contributed by atoms with Gasteiger partial charge in [-0.25, -0.2) is 9.18 Å². The van der Waals surface area contributed by atoms with Gasteiger partial charge in [0.2, 0.25) is 0 Å². The van der Waals surface area contributed by atoms with Crippen LogP contribution in [0.5, 0.6) is 0 Å². The first kappa shape index (κ1) is 23.4. The van der Waals surface area contributed by atoms with Crippen molar-refractivity contribution in [1.29, 1.82) is 0 Å². The van der Waals surface area contributed by atoms with Crippen molar-refractivity contribution >= 4 is 93.8 Å². The molecule has 0 radical (unpaired) electrons. The minimum atomic E-state index is -0.347. The molecule has 0 fully saturated rings. The summed E-state index contributed by atoms with van der Waals surface area (Å²) in [5.41, 5.74) is 2.30. The van der Waals surface area contributed by atoms with E-state index in [2.05, 4.69) is 62.4 Å². The lowest BCUT2D eigenvalue weighted by Crippen LogP contribution is -2.04. The molecule has 2 aromatic carbocycles. The number of rotatable bonds is 4. The average Bonchev–Trinajstić information content (AvgIpc) is 3.07. The fourth-order valence-corrected chi connectivity index (χ4v) is 4.02. The summed E-state index contributed by atoms with van der Waals surface area (Å²) in [5, 5.41) is 1.30. The lowest BCUT2D eigenvalue weighted by atomic mass is 10.0. The first-order valence-electron chi connectivity index (χ1n) is 7.69. The number of esters is 1. The van der Waals surface area contributed by atoms with E-state index in [-0.39, 0.29) is 15.8 Å². The second-order valence-electron chi connectivity index (χ2n) is 5.18. The molecule has 9 heteroatoms. The molecular formula is C18H14Br4FO2PS. The third-order valence-electron chi connectivity index (χ3n) is 3.50. The van der Waals surface area contributed by atoms with Gasteiger partial charge in [0.25, 0.3) is 0 Å². The third-order valence-corrected chi connectivity index (χ3v) is 5.64. The second-order valence-corrected chi connectivity index (χ2v) is 22.2. The maximum Gasteiger partial charge on any atom is 0.338 e. The number of carbonyl (C=O) groups is 1. The fourth-order valence-electron chi connectivity index (χ4n) is 2.46. The Labute approximate surface area is 195 Å². The topological polar surface area (TPSA) is 26.3 Å². The van der Waals surface area contributed by atoms with Gasteiger partial charge >= 0.3 is 5.97 Å². The Morgan fingerprint density at radius 2 is 1.89 bits per heavy atom. The zero-order chi connectivity index (χ0) is 20.0. The number of ether oxygens (including phenoxy) is 1. The smallest absolute Gasteiger partial charge is 0.338 e. The Kier molecular flexibility index (Phi) is 9.86. The predicted molar refractivity (Wildman–Crippen MR) is 130 cm³/mol.